The maximum absolute atomic E-state index is 3.37. The first-order chi connectivity index (χ1) is 8.75. The van der Waals surface area contributed by atoms with E-state index in [9.17, 15) is 0 Å². The molecule has 0 saturated carbocycles. The van der Waals surface area contributed by atoms with Crippen molar-refractivity contribution in [2.45, 2.75) is 13.1 Å². The van der Waals surface area contributed by atoms with Gasteiger partial charge < -0.3 is 24.8 Å². The van der Waals surface area contributed by atoms with E-state index in [0.29, 0.717) is 0 Å². The third kappa shape index (κ3) is 3.44. The fourth-order valence-electron chi connectivity index (χ4n) is 2.30. The predicted octanol–water partition coefficient (Wildman–Crippen LogP) is -5.16. The number of rotatable bonds is 2. The fraction of sp³-hybridized carbons (Fsp3) is 0.133. The second-order valence-corrected chi connectivity index (χ2v) is 9.28. The Labute approximate surface area is 142 Å². The first-order valence-corrected chi connectivity index (χ1v) is 10.2. The molecule has 0 bridgehead atoms. The topological polar surface area (TPSA) is 15.8 Å². The molecule has 1 aliphatic rings. The number of nitrogens with one attached hydrogen (secondary N) is 1. The summed E-state index contributed by atoms with van der Waals surface area (Å²) in [5.74, 6) is 0. The molecule has 0 spiro atoms. The molecule has 1 aliphatic carbocycles. The molecule has 5 heteroatoms. The van der Waals surface area contributed by atoms with Gasteiger partial charge in [-0.25, -0.2) is 0 Å². The van der Waals surface area contributed by atoms with Crippen LogP contribution in [0.2, 0.25) is 13.1 Å². The summed E-state index contributed by atoms with van der Waals surface area (Å²) in [5, 5.41) is 4.54. The number of aromatic amines is 1. The SMILES string of the molecule is C[Si](C)=C1C=c2ccccc2=[C]1[Ti+2][c]1ccc[nH]1.[Cl-].[Cl-]. The molecule has 0 atom stereocenters. The zero-order valence-electron chi connectivity index (χ0n) is 11.4. The Morgan fingerprint density at radius 2 is 1.75 bits per heavy atom. The summed E-state index contributed by atoms with van der Waals surface area (Å²) in [4.78, 5) is 3.37. The van der Waals surface area contributed by atoms with Gasteiger partial charge in [0.15, 0.2) is 0 Å². The molecule has 0 unspecified atom stereocenters. The van der Waals surface area contributed by atoms with E-state index < -0.39 is 0 Å². The van der Waals surface area contributed by atoms with E-state index in [1.165, 1.54) is 14.4 Å². The number of fused-ring (bicyclic) bond motifs is 1. The van der Waals surface area contributed by atoms with Crippen molar-refractivity contribution in [2.75, 3.05) is 0 Å². The van der Waals surface area contributed by atoms with E-state index in [-0.39, 0.29) is 52.4 Å². The van der Waals surface area contributed by atoms with Crippen LogP contribution in [0.25, 0.3) is 9.95 Å². The van der Waals surface area contributed by atoms with Crippen LogP contribution in [-0.4, -0.2) is 18.6 Å². The average Bonchev–Trinajstić information content (AvgIpc) is 2.98. The molecule has 1 heterocycles. The molecular weight excluding hydrogens is 341 g/mol. The number of hydrogen-bond donors (Lipinski definition) is 1. The molecule has 1 nitrogen and oxygen atoms in total. The van der Waals surface area contributed by atoms with Gasteiger partial charge in [-0.2, -0.15) is 0 Å². The Hall–Kier alpha value is -0.379. The van der Waals surface area contributed by atoms with E-state index in [1.807, 2.05) is 6.20 Å². The summed E-state index contributed by atoms with van der Waals surface area (Å²) < 4.78 is 3.07. The molecule has 102 valence electrons. The minimum atomic E-state index is -0.388. The van der Waals surface area contributed by atoms with Crippen molar-refractivity contribution in [2.24, 2.45) is 0 Å². The van der Waals surface area contributed by atoms with Gasteiger partial charge in [-0.1, -0.05) is 0 Å². The van der Waals surface area contributed by atoms with E-state index >= 15 is 0 Å². The average molecular weight is 356 g/mol. The van der Waals surface area contributed by atoms with Crippen LogP contribution >= 0.6 is 0 Å². The van der Waals surface area contributed by atoms with Gasteiger partial charge in [-0.3, -0.25) is 0 Å². The summed E-state index contributed by atoms with van der Waals surface area (Å²) in [7, 11) is -0.388. The smallest absolute Gasteiger partial charge is 1.00 e. The molecule has 20 heavy (non-hydrogen) atoms. The molecule has 1 N–H and O–H groups in total. The van der Waals surface area contributed by atoms with E-state index in [4.69, 9.17) is 0 Å². The Morgan fingerprint density at radius 1 is 1.00 bits per heavy atom. The third-order valence-electron chi connectivity index (χ3n) is 3.20. The van der Waals surface area contributed by atoms with Crippen LogP contribution < -0.4 is 39.3 Å². The first kappa shape index (κ1) is 17.7. The van der Waals surface area contributed by atoms with Gasteiger partial charge in [0, 0.05) is 0 Å². The zero-order chi connectivity index (χ0) is 12.5. The standard InChI is InChI=1S/C11H11Si.C4H4N.2ClH.Ti/c1-12(2)11-7-9-5-3-4-6-10(9)8-11;1-2-4-5-3-1;;;/h3-7H,1-2H3;1-3,5H;2*1H;/q;;;;+2/p-2. The number of halogens is 2. The van der Waals surface area contributed by atoms with Crippen LogP contribution in [0.15, 0.2) is 42.6 Å². The number of hydrogen-bond acceptors (Lipinski definition) is 0. The van der Waals surface area contributed by atoms with Crippen LogP contribution in [-0.2, 0) is 19.2 Å². The summed E-state index contributed by atoms with van der Waals surface area (Å²) in [6.45, 7) is 4.78. The molecule has 3 rings (SSSR count). The van der Waals surface area contributed by atoms with Gasteiger partial charge in [0.1, 0.15) is 0 Å². The molecule has 0 radical (unpaired) electrons. The van der Waals surface area contributed by atoms with Crippen molar-refractivity contribution >= 4 is 27.5 Å². The van der Waals surface area contributed by atoms with Gasteiger partial charge in [-0.05, 0) is 0 Å². The second-order valence-electron chi connectivity index (χ2n) is 4.73. The molecule has 0 amide bonds. The van der Waals surface area contributed by atoms with Gasteiger partial charge in [-0.15, -0.1) is 0 Å². The van der Waals surface area contributed by atoms with E-state index in [1.54, 1.807) is 9.05 Å². The van der Waals surface area contributed by atoms with Crippen LogP contribution in [0, 0.1) is 0 Å². The molecule has 1 aromatic carbocycles. The Bertz CT molecular complexity index is 731. The Kier molecular flexibility index (Phi) is 6.70. The molecule has 2 aromatic rings. The summed E-state index contributed by atoms with van der Waals surface area (Å²) in [5.41, 5.74) is 0. The van der Waals surface area contributed by atoms with Gasteiger partial charge >= 0.3 is 118 Å². The summed E-state index contributed by atoms with van der Waals surface area (Å²) in [6, 6.07) is 13.2. The van der Waals surface area contributed by atoms with Crippen LogP contribution in [0.5, 0.6) is 0 Å². The van der Waals surface area contributed by atoms with Crippen LogP contribution in [0.1, 0.15) is 0 Å². The van der Waals surface area contributed by atoms with Crippen LogP contribution in [0.4, 0.5) is 0 Å². The van der Waals surface area contributed by atoms with E-state index in [2.05, 4.69) is 60.6 Å². The number of H-pyrrole nitrogens is 1. The molecular formula is C15H15Cl2NSiTi. The first-order valence-electron chi connectivity index (χ1n) is 6.15. The largest absolute Gasteiger partial charge is 1.00 e. The maximum Gasteiger partial charge on any atom is -1.00 e. The van der Waals surface area contributed by atoms with Crippen molar-refractivity contribution in [3.8, 4) is 0 Å². The predicted molar refractivity (Wildman–Crippen MR) is 76.5 cm³/mol. The molecule has 1 aromatic heterocycles. The summed E-state index contributed by atoms with van der Waals surface area (Å²) >= 11 is -0.234. The molecule has 0 aliphatic heterocycles. The monoisotopic (exact) mass is 355 g/mol. The maximum atomic E-state index is 3.37. The van der Waals surface area contributed by atoms with Crippen molar-refractivity contribution < 1.29 is 44.0 Å². The van der Waals surface area contributed by atoms with Crippen molar-refractivity contribution in [1.29, 1.82) is 0 Å². The van der Waals surface area contributed by atoms with E-state index in [0.717, 1.165) is 0 Å². The third-order valence-corrected chi connectivity index (χ3v) is 7.20. The Morgan fingerprint density at radius 3 is 2.40 bits per heavy atom. The van der Waals surface area contributed by atoms with Gasteiger partial charge in [0.05, 0.1) is 0 Å². The number of benzene rings is 1. The van der Waals surface area contributed by atoms with Gasteiger partial charge in [0.2, 0.25) is 0 Å². The van der Waals surface area contributed by atoms with Crippen molar-refractivity contribution in [3.05, 3.63) is 53.0 Å². The van der Waals surface area contributed by atoms with Crippen LogP contribution in [0.3, 0.4) is 0 Å². The Balaban J connectivity index is 0.000001000. The number of aromatic nitrogens is 1. The molecule has 0 fully saturated rings. The zero-order valence-corrected chi connectivity index (χ0v) is 15.4. The molecule has 0 saturated heterocycles. The van der Waals surface area contributed by atoms with Gasteiger partial charge in [0.25, 0.3) is 0 Å². The van der Waals surface area contributed by atoms with Crippen molar-refractivity contribution in [1.82, 2.24) is 4.98 Å². The minimum absolute atomic E-state index is 0. The van der Waals surface area contributed by atoms with Crippen molar-refractivity contribution in [3.63, 3.8) is 0 Å². The second kappa shape index (κ2) is 7.58. The normalized spacial score (nSPS) is 11.7. The quantitative estimate of drug-likeness (QED) is 0.519. The summed E-state index contributed by atoms with van der Waals surface area (Å²) in [6.07, 6.45) is 4.46. The minimum Gasteiger partial charge on any atom is -1.00 e. The fourth-order valence-corrected chi connectivity index (χ4v) is 6.64.